The molecule has 1 amide bonds. The Labute approximate surface area is 126 Å². The number of rotatable bonds is 3. The van der Waals surface area contributed by atoms with Crippen LogP contribution in [-0.4, -0.2) is 18.0 Å². The topological polar surface area (TPSA) is 55.1 Å². The molecule has 102 valence electrons. The van der Waals surface area contributed by atoms with Gasteiger partial charge in [0.1, 0.15) is 4.34 Å². The molecule has 2 rings (SSSR count). The zero-order valence-electron chi connectivity index (χ0n) is 9.67. The number of thiophene rings is 1. The summed E-state index contributed by atoms with van der Waals surface area (Å²) in [6.45, 7) is 0.466. The van der Waals surface area contributed by atoms with Crippen molar-refractivity contribution in [2.45, 2.75) is 31.2 Å². The third kappa shape index (κ3) is 3.31. The Hall–Kier alpha value is -0.0000000000000000555. The highest BCUT2D eigenvalue weighted by Crippen LogP contribution is 2.33. The van der Waals surface area contributed by atoms with E-state index in [4.69, 9.17) is 28.9 Å². The van der Waals surface area contributed by atoms with E-state index in [1.807, 2.05) is 0 Å². The number of hydrogen-bond acceptors (Lipinski definition) is 3. The van der Waals surface area contributed by atoms with E-state index in [1.54, 1.807) is 6.07 Å². The minimum absolute atomic E-state index is 0. The van der Waals surface area contributed by atoms with Gasteiger partial charge in [-0.1, -0.05) is 36.0 Å². The molecule has 0 aromatic carbocycles. The largest absolute Gasteiger partial charge is 0.345 e. The predicted molar refractivity (Wildman–Crippen MR) is 79.3 cm³/mol. The smallest absolute Gasteiger partial charge is 0.254 e. The van der Waals surface area contributed by atoms with Crippen LogP contribution in [0.5, 0.6) is 0 Å². The van der Waals surface area contributed by atoms with Crippen LogP contribution in [0.2, 0.25) is 8.67 Å². The van der Waals surface area contributed by atoms with Gasteiger partial charge in [0.2, 0.25) is 0 Å². The third-order valence-electron chi connectivity index (χ3n) is 3.23. The number of hydrogen-bond donors (Lipinski definition) is 2. The molecule has 0 saturated heterocycles. The van der Waals surface area contributed by atoms with Gasteiger partial charge in [-0.15, -0.1) is 23.7 Å². The summed E-state index contributed by atoms with van der Waals surface area (Å²) in [5.41, 5.74) is 5.96. The van der Waals surface area contributed by atoms with Gasteiger partial charge in [-0.25, -0.2) is 0 Å². The van der Waals surface area contributed by atoms with Crippen LogP contribution in [0.1, 0.15) is 36.0 Å². The van der Waals surface area contributed by atoms with Crippen molar-refractivity contribution in [2.24, 2.45) is 5.73 Å². The minimum atomic E-state index is -0.255. The van der Waals surface area contributed by atoms with Crippen LogP contribution in [-0.2, 0) is 0 Å². The molecule has 1 aliphatic rings. The second kappa shape index (κ2) is 6.44. The molecule has 0 bridgehead atoms. The second-order valence-electron chi connectivity index (χ2n) is 4.38. The molecular formula is C11H15Cl3N2OS. The van der Waals surface area contributed by atoms with E-state index in [1.165, 1.54) is 11.3 Å². The molecule has 0 spiro atoms. The van der Waals surface area contributed by atoms with E-state index in [2.05, 4.69) is 5.32 Å². The van der Waals surface area contributed by atoms with Crippen molar-refractivity contribution in [2.75, 3.05) is 6.54 Å². The van der Waals surface area contributed by atoms with Crippen LogP contribution in [0.15, 0.2) is 6.07 Å². The molecule has 3 N–H and O–H groups in total. The molecule has 0 aliphatic heterocycles. The average Bonchev–Trinajstić information content (AvgIpc) is 2.86. The summed E-state index contributed by atoms with van der Waals surface area (Å²) >= 11 is 13.0. The van der Waals surface area contributed by atoms with Gasteiger partial charge in [0.25, 0.3) is 5.91 Å². The van der Waals surface area contributed by atoms with Crippen molar-refractivity contribution >= 4 is 52.9 Å². The van der Waals surface area contributed by atoms with Crippen molar-refractivity contribution in [3.63, 3.8) is 0 Å². The fraction of sp³-hybridized carbons (Fsp3) is 0.545. The zero-order chi connectivity index (χ0) is 12.5. The molecule has 18 heavy (non-hydrogen) atoms. The normalized spacial score (nSPS) is 17.3. The maximum Gasteiger partial charge on any atom is 0.254 e. The molecule has 1 saturated carbocycles. The first-order valence-electron chi connectivity index (χ1n) is 5.54. The molecule has 1 aromatic rings. The number of nitrogens with one attached hydrogen (secondary N) is 1. The van der Waals surface area contributed by atoms with Crippen LogP contribution in [0.3, 0.4) is 0 Å². The lowest BCUT2D eigenvalue weighted by Crippen LogP contribution is -2.51. The molecule has 0 atom stereocenters. The van der Waals surface area contributed by atoms with Gasteiger partial charge < -0.3 is 11.1 Å². The van der Waals surface area contributed by atoms with Crippen LogP contribution < -0.4 is 11.1 Å². The van der Waals surface area contributed by atoms with Crippen molar-refractivity contribution in [3.8, 4) is 0 Å². The Morgan fingerprint density at radius 1 is 1.44 bits per heavy atom. The maximum absolute atomic E-state index is 12.1. The van der Waals surface area contributed by atoms with E-state index in [9.17, 15) is 4.79 Å². The fourth-order valence-electron chi connectivity index (χ4n) is 2.24. The van der Waals surface area contributed by atoms with Crippen LogP contribution in [0, 0.1) is 0 Å². The SMILES string of the molecule is Cl.NCC1(NC(=O)c2cc(Cl)sc2Cl)CCCC1. The molecule has 1 aliphatic carbocycles. The van der Waals surface area contributed by atoms with Crippen LogP contribution >= 0.6 is 46.9 Å². The Bertz CT molecular complexity index is 430. The minimum Gasteiger partial charge on any atom is -0.345 e. The average molecular weight is 330 g/mol. The van der Waals surface area contributed by atoms with Crippen molar-refractivity contribution < 1.29 is 4.79 Å². The quantitative estimate of drug-likeness (QED) is 0.892. The van der Waals surface area contributed by atoms with E-state index in [-0.39, 0.29) is 23.9 Å². The molecule has 0 unspecified atom stereocenters. The lowest BCUT2D eigenvalue weighted by molar-refractivity contribution is 0.0903. The predicted octanol–water partition coefficient (Wildman–Crippen LogP) is 3.48. The van der Waals surface area contributed by atoms with Gasteiger partial charge >= 0.3 is 0 Å². The molecule has 1 heterocycles. The van der Waals surface area contributed by atoms with Crippen molar-refractivity contribution in [1.82, 2.24) is 5.32 Å². The molecular weight excluding hydrogens is 315 g/mol. The number of carbonyl (C=O) groups is 1. The highest BCUT2D eigenvalue weighted by molar-refractivity contribution is 7.20. The van der Waals surface area contributed by atoms with Gasteiger partial charge in [-0.05, 0) is 18.9 Å². The van der Waals surface area contributed by atoms with Crippen LogP contribution in [0.4, 0.5) is 0 Å². The molecule has 7 heteroatoms. The number of nitrogens with two attached hydrogens (primary N) is 1. The lowest BCUT2D eigenvalue weighted by Gasteiger charge is -2.28. The number of halogens is 3. The Morgan fingerprint density at radius 3 is 2.50 bits per heavy atom. The molecule has 0 radical (unpaired) electrons. The Balaban J connectivity index is 0.00000162. The summed E-state index contributed by atoms with van der Waals surface area (Å²) in [7, 11) is 0. The first-order chi connectivity index (χ1) is 8.06. The van der Waals surface area contributed by atoms with Crippen molar-refractivity contribution in [1.29, 1.82) is 0 Å². The molecule has 3 nitrogen and oxygen atoms in total. The summed E-state index contributed by atoms with van der Waals surface area (Å²) in [4.78, 5) is 12.1. The van der Waals surface area contributed by atoms with Crippen LogP contribution in [0.25, 0.3) is 0 Å². The van der Waals surface area contributed by atoms with E-state index >= 15 is 0 Å². The van der Waals surface area contributed by atoms with E-state index < -0.39 is 0 Å². The van der Waals surface area contributed by atoms with Gasteiger partial charge in [0.15, 0.2) is 0 Å². The van der Waals surface area contributed by atoms with Gasteiger partial charge in [-0.3, -0.25) is 4.79 Å². The summed E-state index contributed by atoms with van der Waals surface area (Å²) in [5, 5.41) is 3.01. The summed E-state index contributed by atoms with van der Waals surface area (Å²) < 4.78 is 0.950. The number of amides is 1. The van der Waals surface area contributed by atoms with Gasteiger partial charge in [0, 0.05) is 6.54 Å². The summed E-state index contributed by atoms with van der Waals surface area (Å²) in [6.07, 6.45) is 4.08. The third-order valence-corrected chi connectivity index (χ3v) is 4.72. The standard InChI is InChI=1S/C11H14Cl2N2OS.ClH/c12-8-5-7(9(13)17-8)10(16)15-11(6-14)3-1-2-4-11;/h5H,1-4,6,14H2,(H,15,16);1H. The zero-order valence-corrected chi connectivity index (χ0v) is 12.8. The van der Waals surface area contributed by atoms with E-state index in [0.29, 0.717) is 20.8 Å². The molecule has 1 aromatic heterocycles. The number of carbonyl (C=O) groups excluding carboxylic acids is 1. The van der Waals surface area contributed by atoms with E-state index in [0.717, 1.165) is 25.7 Å². The first-order valence-corrected chi connectivity index (χ1v) is 7.11. The Morgan fingerprint density at radius 2 is 2.06 bits per heavy atom. The maximum atomic E-state index is 12.1. The first kappa shape index (κ1) is 16.1. The fourth-order valence-corrected chi connectivity index (χ4v) is 3.69. The molecule has 1 fully saturated rings. The highest BCUT2D eigenvalue weighted by atomic mass is 35.5. The monoisotopic (exact) mass is 328 g/mol. The highest BCUT2D eigenvalue weighted by Gasteiger charge is 2.34. The summed E-state index contributed by atoms with van der Waals surface area (Å²) in [6, 6.07) is 1.60. The van der Waals surface area contributed by atoms with Gasteiger partial charge in [-0.2, -0.15) is 0 Å². The summed E-state index contributed by atoms with van der Waals surface area (Å²) in [5.74, 6) is -0.175. The van der Waals surface area contributed by atoms with Crippen molar-refractivity contribution in [3.05, 3.63) is 20.3 Å². The van der Waals surface area contributed by atoms with Gasteiger partial charge in [0.05, 0.1) is 15.4 Å². The Kier molecular flexibility index (Phi) is 5.74. The lowest BCUT2D eigenvalue weighted by atomic mass is 9.97. The second-order valence-corrected chi connectivity index (χ2v) is 6.67.